The van der Waals surface area contributed by atoms with Crippen molar-refractivity contribution in [2.45, 2.75) is 13.0 Å². The second-order valence-electron chi connectivity index (χ2n) is 3.63. The van der Waals surface area contributed by atoms with E-state index in [0.29, 0.717) is 17.1 Å². The zero-order valence-corrected chi connectivity index (χ0v) is 10.2. The van der Waals surface area contributed by atoms with Crippen LogP contribution in [0.2, 0.25) is 0 Å². The Hall–Kier alpha value is -1.75. The first-order valence-electron chi connectivity index (χ1n) is 5.26. The molecule has 1 aromatic carbocycles. The number of carbonyl (C=O) groups excluding carboxylic acids is 1. The van der Waals surface area contributed by atoms with Gasteiger partial charge in [0.1, 0.15) is 11.5 Å². The molecular formula is C12H17NO4. The highest BCUT2D eigenvalue weighted by Gasteiger charge is 2.13. The topological polar surface area (TPSA) is 67.8 Å². The SMILES string of the molecule is COc1ccc(C(=O)NC[C@H](C)O)c(OC)c1. The van der Waals surface area contributed by atoms with Gasteiger partial charge in [0.25, 0.3) is 5.91 Å². The van der Waals surface area contributed by atoms with Crippen molar-refractivity contribution in [3.8, 4) is 11.5 Å². The quantitative estimate of drug-likeness (QED) is 0.798. The fraction of sp³-hybridized carbons (Fsp3) is 0.417. The Bertz CT molecular complexity index is 390. The second-order valence-corrected chi connectivity index (χ2v) is 3.63. The highest BCUT2D eigenvalue weighted by molar-refractivity contribution is 5.97. The molecule has 94 valence electrons. The molecule has 0 unspecified atom stereocenters. The minimum absolute atomic E-state index is 0.202. The summed E-state index contributed by atoms with van der Waals surface area (Å²) in [5.41, 5.74) is 0.411. The smallest absolute Gasteiger partial charge is 0.255 e. The number of rotatable bonds is 5. The molecule has 0 spiro atoms. The molecule has 5 heteroatoms. The molecule has 0 saturated heterocycles. The third-order valence-corrected chi connectivity index (χ3v) is 2.21. The van der Waals surface area contributed by atoms with Crippen LogP contribution < -0.4 is 14.8 Å². The summed E-state index contributed by atoms with van der Waals surface area (Å²) in [5.74, 6) is 0.770. The fourth-order valence-electron chi connectivity index (χ4n) is 1.32. The molecule has 1 atom stereocenters. The lowest BCUT2D eigenvalue weighted by Crippen LogP contribution is -2.30. The maximum atomic E-state index is 11.8. The van der Waals surface area contributed by atoms with Crippen molar-refractivity contribution in [2.75, 3.05) is 20.8 Å². The number of aliphatic hydroxyl groups is 1. The van der Waals surface area contributed by atoms with Gasteiger partial charge in [-0.05, 0) is 19.1 Å². The van der Waals surface area contributed by atoms with E-state index >= 15 is 0 Å². The predicted molar refractivity (Wildman–Crippen MR) is 63.6 cm³/mol. The lowest BCUT2D eigenvalue weighted by Gasteiger charge is -2.11. The molecule has 0 aliphatic heterocycles. The molecule has 17 heavy (non-hydrogen) atoms. The maximum Gasteiger partial charge on any atom is 0.255 e. The summed E-state index contributed by atoms with van der Waals surface area (Å²) in [6.45, 7) is 1.81. The number of carbonyl (C=O) groups is 1. The zero-order valence-electron chi connectivity index (χ0n) is 10.2. The molecule has 1 amide bonds. The molecule has 0 bridgehead atoms. The Morgan fingerprint density at radius 2 is 2.12 bits per heavy atom. The summed E-state index contributed by atoms with van der Waals surface area (Å²) in [5, 5.41) is 11.7. The Kier molecular flexibility index (Phi) is 4.78. The normalized spacial score (nSPS) is 11.8. The third kappa shape index (κ3) is 3.64. The molecule has 0 radical (unpaired) electrons. The van der Waals surface area contributed by atoms with Gasteiger partial charge in [-0.1, -0.05) is 0 Å². The average molecular weight is 239 g/mol. The summed E-state index contributed by atoms with van der Waals surface area (Å²) >= 11 is 0. The number of hydrogen-bond donors (Lipinski definition) is 2. The van der Waals surface area contributed by atoms with Crippen LogP contribution >= 0.6 is 0 Å². The number of aliphatic hydroxyl groups excluding tert-OH is 1. The van der Waals surface area contributed by atoms with Crippen molar-refractivity contribution in [2.24, 2.45) is 0 Å². The van der Waals surface area contributed by atoms with Crippen molar-refractivity contribution in [1.29, 1.82) is 0 Å². The third-order valence-electron chi connectivity index (χ3n) is 2.21. The van der Waals surface area contributed by atoms with Crippen LogP contribution in [0.15, 0.2) is 18.2 Å². The Morgan fingerprint density at radius 3 is 2.65 bits per heavy atom. The first-order chi connectivity index (χ1) is 8.08. The average Bonchev–Trinajstić information content (AvgIpc) is 2.34. The van der Waals surface area contributed by atoms with Gasteiger partial charge >= 0.3 is 0 Å². The van der Waals surface area contributed by atoms with E-state index in [1.807, 2.05) is 0 Å². The van der Waals surface area contributed by atoms with Crippen LogP contribution in [-0.2, 0) is 0 Å². The molecule has 5 nitrogen and oxygen atoms in total. The molecular weight excluding hydrogens is 222 g/mol. The molecule has 0 aliphatic rings. The minimum atomic E-state index is -0.580. The van der Waals surface area contributed by atoms with E-state index in [0.717, 1.165) is 0 Å². The van der Waals surface area contributed by atoms with E-state index in [1.54, 1.807) is 32.2 Å². The van der Waals surface area contributed by atoms with Gasteiger partial charge in [-0.2, -0.15) is 0 Å². The summed E-state index contributed by atoms with van der Waals surface area (Å²) < 4.78 is 10.2. The number of methoxy groups -OCH3 is 2. The van der Waals surface area contributed by atoms with E-state index in [4.69, 9.17) is 14.6 Å². The standard InChI is InChI=1S/C12H17NO4/c1-8(14)7-13-12(15)10-5-4-9(16-2)6-11(10)17-3/h4-6,8,14H,7H2,1-3H3,(H,13,15)/t8-/m0/s1. The van der Waals surface area contributed by atoms with Gasteiger partial charge in [-0.3, -0.25) is 4.79 Å². The van der Waals surface area contributed by atoms with Gasteiger partial charge in [0, 0.05) is 12.6 Å². The van der Waals surface area contributed by atoms with Gasteiger partial charge in [-0.15, -0.1) is 0 Å². The largest absolute Gasteiger partial charge is 0.497 e. The lowest BCUT2D eigenvalue weighted by atomic mass is 10.1. The summed E-state index contributed by atoms with van der Waals surface area (Å²) in [4.78, 5) is 11.8. The van der Waals surface area contributed by atoms with E-state index in [-0.39, 0.29) is 12.5 Å². The molecule has 0 aromatic heterocycles. The van der Waals surface area contributed by atoms with Crippen LogP contribution in [0.4, 0.5) is 0 Å². The van der Waals surface area contributed by atoms with Gasteiger partial charge < -0.3 is 19.9 Å². The van der Waals surface area contributed by atoms with Crippen LogP contribution in [-0.4, -0.2) is 37.9 Å². The number of amides is 1. The number of hydrogen-bond acceptors (Lipinski definition) is 4. The molecule has 0 aliphatic carbocycles. The highest BCUT2D eigenvalue weighted by Crippen LogP contribution is 2.24. The molecule has 2 N–H and O–H groups in total. The van der Waals surface area contributed by atoms with Gasteiger partial charge in [0.2, 0.25) is 0 Å². The molecule has 0 fully saturated rings. The van der Waals surface area contributed by atoms with Crippen LogP contribution in [0.3, 0.4) is 0 Å². The first-order valence-corrected chi connectivity index (χ1v) is 5.26. The number of benzene rings is 1. The zero-order chi connectivity index (χ0) is 12.8. The van der Waals surface area contributed by atoms with Crippen LogP contribution in [0, 0.1) is 0 Å². The van der Waals surface area contributed by atoms with Gasteiger partial charge in [0.15, 0.2) is 0 Å². The predicted octanol–water partition coefficient (Wildman–Crippen LogP) is 0.814. The summed E-state index contributed by atoms with van der Waals surface area (Å²) in [7, 11) is 3.03. The van der Waals surface area contributed by atoms with Gasteiger partial charge in [0.05, 0.1) is 25.9 Å². The van der Waals surface area contributed by atoms with Crippen molar-refractivity contribution < 1.29 is 19.4 Å². The summed E-state index contributed by atoms with van der Waals surface area (Å²) in [6.07, 6.45) is -0.580. The van der Waals surface area contributed by atoms with Gasteiger partial charge in [-0.25, -0.2) is 0 Å². The first kappa shape index (κ1) is 13.3. The van der Waals surface area contributed by atoms with Crippen LogP contribution in [0.1, 0.15) is 17.3 Å². The fourth-order valence-corrected chi connectivity index (χ4v) is 1.32. The molecule has 1 aromatic rings. The van der Waals surface area contributed by atoms with Crippen molar-refractivity contribution in [3.63, 3.8) is 0 Å². The van der Waals surface area contributed by atoms with Crippen molar-refractivity contribution in [1.82, 2.24) is 5.32 Å². The molecule has 0 saturated carbocycles. The van der Waals surface area contributed by atoms with E-state index in [9.17, 15) is 4.79 Å². The molecule has 0 heterocycles. The van der Waals surface area contributed by atoms with Crippen LogP contribution in [0.25, 0.3) is 0 Å². The minimum Gasteiger partial charge on any atom is -0.497 e. The Morgan fingerprint density at radius 1 is 1.41 bits per heavy atom. The second kappa shape index (κ2) is 6.10. The highest BCUT2D eigenvalue weighted by atomic mass is 16.5. The number of nitrogens with one attached hydrogen (secondary N) is 1. The summed E-state index contributed by atoms with van der Waals surface area (Å²) in [6, 6.07) is 4.94. The number of ether oxygens (including phenoxy) is 2. The Balaban J connectivity index is 2.85. The lowest BCUT2D eigenvalue weighted by molar-refractivity contribution is 0.0921. The van der Waals surface area contributed by atoms with E-state index in [2.05, 4.69) is 5.32 Å². The van der Waals surface area contributed by atoms with E-state index in [1.165, 1.54) is 7.11 Å². The van der Waals surface area contributed by atoms with E-state index < -0.39 is 6.10 Å². The monoisotopic (exact) mass is 239 g/mol. The Labute approximate surface area is 100 Å². The van der Waals surface area contributed by atoms with Crippen molar-refractivity contribution in [3.05, 3.63) is 23.8 Å². The van der Waals surface area contributed by atoms with Crippen LogP contribution in [0.5, 0.6) is 11.5 Å². The van der Waals surface area contributed by atoms with Crippen molar-refractivity contribution >= 4 is 5.91 Å². The molecule has 1 rings (SSSR count). The maximum absolute atomic E-state index is 11.8.